The van der Waals surface area contributed by atoms with Crippen molar-refractivity contribution in [2.24, 2.45) is 0 Å². The van der Waals surface area contributed by atoms with Gasteiger partial charge >= 0.3 is 6.03 Å². The Kier molecular flexibility index (Phi) is 6.11. The molecule has 1 aromatic heterocycles. The lowest BCUT2D eigenvalue weighted by molar-refractivity contribution is 0.122. The fourth-order valence-electron chi connectivity index (χ4n) is 3.25. The molecule has 0 atom stereocenters. The molecule has 1 fully saturated rings. The quantitative estimate of drug-likeness (QED) is 0.641. The van der Waals surface area contributed by atoms with E-state index in [9.17, 15) is 4.79 Å². The average molecular weight is 424 g/mol. The van der Waals surface area contributed by atoms with E-state index in [1.54, 1.807) is 18.5 Å². The number of carbonyl (C=O) groups is 1. The number of ether oxygens (including phenoxy) is 1. The van der Waals surface area contributed by atoms with Crippen molar-refractivity contribution in [1.29, 1.82) is 0 Å². The highest BCUT2D eigenvalue weighted by Crippen LogP contribution is 2.29. The van der Waals surface area contributed by atoms with Crippen molar-refractivity contribution in [3.8, 4) is 11.3 Å². The molecular formula is C22H22ClN5O2. The van der Waals surface area contributed by atoms with Crippen LogP contribution in [0, 0.1) is 6.92 Å². The SMILES string of the molecule is Cc1ccc(NC(=O)Nc2cccc(-c3nccnc3N3CCOCC3)c2)cc1Cl. The highest BCUT2D eigenvalue weighted by Gasteiger charge is 2.18. The highest BCUT2D eigenvalue weighted by molar-refractivity contribution is 6.31. The number of morpholine rings is 1. The second-order valence-electron chi connectivity index (χ2n) is 6.95. The lowest BCUT2D eigenvalue weighted by atomic mass is 10.1. The van der Waals surface area contributed by atoms with Crippen LogP contribution in [0.2, 0.25) is 5.02 Å². The lowest BCUT2D eigenvalue weighted by Gasteiger charge is -2.28. The van der Waals surface area contributed by atoms with E-state index in [0.29, 0.717) is 29.6 Å². The van der Waals surface area contributed by atoms with Crippen LogP contribution in [0.15, 0.2) is 54.9 Å². The Labute approximate surface area is 180 Å². The van der Waals surface area contributed by atoms with Crippen molar-refractivity contribution in [2.45, 2.75) is 6.92 Å². The van der Waals surface area contributed by atoms with E-state index < -0.39 is 0 Å². The van der Waals surface area contributed by atoms with Crippen molar-refractivity contribution >= 4 is 34.8 Å². The molecule has 30 heavy (non-hydrogen) atoms. The standard InChI is InChI=1S/C22H22ClN5O2/c1-15-5-6-18(14-19(15)23)27-22(29)26-17-4-2-3-16(13-17)20-21(25-8-7-24-20)28-9-11-30-12-10-28/h2-8,13-14H,9-12H2,1H3,(H2,26,27,29). The number of carbonyl (C=O) groups excluding carboxylic acids is 1. The first-order valence-electron chi connectivity index (χ1n) is 9.68. The number of aryl methyl sites for hydroxylation is 1. The van der Waals surface area contributed by atoms with E-state index in [2.05, 4.69) is 25.5 Å². The second-order valence-corrected chi connectivity index (χ2v) is 7.36. The molecule has 8 heteroatoms. The largest absolute Gasteiger partial charge is 0.378 e. The summed E-state index contributed by atoms with van der Waals surface area (Å²) in [4.78, 5) is 23.7. The number of rotatable bonds is 4. The third-order valence-electron chi connectivity index (χ3n) is 4.81. The van der Waals surface area contributed by atoms with Gasteiger partial charge in [-0.25, -0.2) is 9.78 Å². The normalized spacial score (nSPS) is 13.7. The number of benzene rings is 2. The molecule has 1 aliphatic heterocycles. The Morgan fingerprint density at radius 3 is 2.53 bits per heavy atom. The molecule has 2 aromatic carbocycles. The van der Waals surface area contributed by atoms with Crippen LogP contribution in [-0.2, 0) is 4.74 Å². The highest BCUT2D eigenvalue weighted by atomic mass is 35.5. The Morgan fingerprint density at radius 1 is 1.03 bits per heavy atom. The average Bonchev–Trinajstić information content (AvgIpc) is 2.77. The maximum atomic E-state index is 12.4. The number of urea groups is 1. The van der Waals surface area contributed by atoms with Crippen LogP contribution in [0.5, 0.6) is 0 Å². The number of nitrogens with zero attached hydrogens (tertiary/aromatic N) is 3. The summed E-state index contributed by atoms with van der Waals surface area (Å²) in [7, 11) is 0. The molecule has 4 rings (SSSR count). The first kappa shape index (κ1) is 20.1. The van der Waals surface area contributed by atoms with Crippen LogP contribution in [0.3, 0.4) is 0 Å². The van der Waals surface area contributed by atoms with Crippen LogP contribution in [0.1, 0.15) is 5.56 Å². The molecule has 1 aliphatic rings. The van der Waals surface area contributed by atoms with Gasteiger partial charge in [0.15, 0.2) is 5.82 Å². The van der Waals surface area contributed by atoms with Gasteiger partial charge in [-0.15, -0.1) is 0 Å². The summed E-state index contributed by atoms with van der Waals surface area (Å²) in [6.07, 6.45) is 3.36. The zero-order chi connectivity index (χ0) is 20.9. The first-order chi connectivity index (χ1) is 14.6. The molecule has 0 aliphatic carbocycles. The molecular weight excluding hydrogens is 402 g/mol. The molecule has 0 saturated carbocycles. The monoisotopic (exact) mass is 423 g/mol. The molecule has 2 heterocycles. The van der Waals surface area contributed by atoms with Gasteiger partial charge in [0.1, 0.15) is 5.69 Å². The van der Waals surface area contributed by atoms with Gasteiger partial charge in [-0.1, -0.05) is 29.8 Å². The van der Waals surface area contributed by atoms with Crippen molar-refractivity contribution in [3.05, 3.63) is 65.4 Å². The fraction of sp³-hybridized carbons (Fsp3) is 0.227. The molecule has 2 amide bonds. The summed E-state index contributed by atoms with van der Waals surface area (Å²) in [5.41, 5.74) is 3.88. The number of amides is 2. The predicted octanol–water partition coefficient (Wildman–Crippen LogP) is 4.59. The van der Waals surface area contributed by atoms with Gasteiger partial charge in [-0.05, 0) is 36.8 Å². The third kappa shape index (κ3) is 4.69. The number of nitrogens with one attached hydrogen (secondary N) is 2. The minimum Gasteiger partial charge on any atom is -0.378 e. The summed E-state index contributed by atoms with van der Waals surface area (Å²) in [5, 5.41) is 6.26. The van der Waals surface area contributed by atoms with Gasteiger partial charge in [-0.3, -0.25) is 4.98 Å². The molecule has 154 valence electrons. The summed E-state index contributed by atoms with van der Waals surface area (Å²) in [6, 6.07) is 12.6. The summed E-state index contributed by atoms with van der Waals surface area (Å²) in [6.45, 7) is 4.78. The van der Waals surface area contributed by atoms with Crippen LogP contribution in [0.25, 0.3) is 11.3 Å². The number of anilines is 3. The molecule has 0 spiro atoms. The van der Waals surface area contributed by atoms with E-state index >= 15 is 0 Å². The predicted molar refractivity (Wildman–Crippen MR) is 119 cm³/mol. The molecule has 0 bridgehead atoms. The topological polar surface area (TPSA) is 79.4 Å². The van der Waals surface area contributed by atoms with Crippen LogP contribution >= 0.6 is 11.6 Å². The lowest BCUT2D eigenvalue weighted by Crippen LogP contribution is -2.37. The van der Waals surface area contributed by atoms with E-state index in [1.807, 2.05) is 43.3 Å². The van der Waals surface area contributed by atoms with E-state index in [1.165, 1.54) is 0 Å². The van der Waals surface area contributed by atoms with Crippen molar-refractivity contribution in [3.63, 3.8) is 0 Å². The maximum Gasteiger partial charge on any atom is 0.323 e. The summed E-state index contributed by atoms with van der Waals surface area (Å²) in [5.74, 6) is 0.816. The van der Waals surface area contributed by atoms with E-state index in [-0.39, 0.29) is 6.03 Å². The Balaban J connectivity index is 1.52. The van der Waals surface area contributed by atoms with Gasteiger partial charge in [0, 0.05) is 47.4 Å². The van der Waals surface area contributed by atoms with E-state index in [4.69, 9.17) is 16.3 Å². The molecule has 1 saturated heterocycles. The number of halogens is 1. The Morgan fingerprint density at radius 2 is 1.77 bits per heavy atom. The smallest absolute Gasteiger partial charge is 0.323 e. The molecule has 0 unspecified atom stereocenters. The van der Waals surface area contributed by atoms with E-state index in [0.717, 1.165) is 35.7 Å². The molecule has 2 N–H and O–H groups in total. The van der Waals surface area contributed by atoms with Crippen LogP contribution in [-0.4, -0.2) is 42.3 Å². The molecule has 0 radical (unpaired) electrons. The first-order valence-corrected chi connectivity index (χ1v) is 10.1. The minimum absolute atomic E-state index is 0.348. The summed E-state index contributed by atoms with van der Waals surface area (Å²) >= 11 is 6.13. The van der Waals surface area contributed by atoms with Gasteiger partial charge in [0.05, 0.1) is 13.2 Å². The number of aromatic nitrogens is 2. The Bertz CT molecular complexity index is 1050. The number of hydrogen-bond acceptors (Lipinski definition) is 5. The van der Waals surface area contributed by atoms with Crippen LogP contribution < -0.4 is 15.5 Å². The molecule has 3 aromatic rings. The number of hydrogen-bond donors (Lipinski definition) is 2. The van der Waals surface area contributed by atoms with Gasteiger partial charge < -0.3 is 20.3 Å². The third-order valence-corrected chi connectivity index (χ3v) is 5.22. The Hall–Kier alpha value is -3.16. The van der Waals surface area contributed by atoms with Gasteiger partial charge in [-0.2, -0.15) is 0 Å². The minimum atomic E-state index is -0.348. The van der Waals surface area contributed by atoms with Crippen LogP contribution in [0.4, 0.5) is 22.0 Å². The molecule has 7 nitrogen and oxygen atoms in total. The zero-order valence-electron chi connectivity index (χ0n) is 16.6. The van der Waals surface area contributed by atoms with Crippen molar-refractivity contribution in [1.82, 2.24) is 9.97 Å². The second kappa shape index (κ2) is 9.11. The summed E-state index contributed by atoms with van der Waals surface area (Å²) < 4.78 is 5.44. The van der Waals surface area contributed by atoms with Crippen molar-refractivity contribution in [2.75, 3.05) is 41.8 Å². The fourth-order valence-corrected chi connectivity index (χ4v) is 3.43. The van der Waals surface area contributed by atoms with Crippen molar-refractivity contribution < 1.29 is 9.53 Å². The van der Waals surface area contributed by atoms with Gasteiger partial charge in [0.25, 0.3) is 0 Å². The maximum absolute atomic E-state index is 12.4. The zero-order valence-corrected chi connectivity index (χ0v) is 17.3. The van der Waals surface area contributed by atoms with Gasteiger partial charge in [0.2, 0.25) is 0 Å².